The molecule has 6 heteroatoms. The Balaban J connectivity index is 1.77. The van der Waals surface area contributed by atoms with Crippen LogP contribution in [0.3, 0.4) is 0 Å². The molecule has 2 aromatic carbocycles. The first-order valence-corrected chi connectivity index (χ1v) is 8.48. The number of imide groups is 1. The number of rotatable bonds is 6. The summed E-state index contributed by atoms with van der Waals surface area (Å²) < 4.78 is 10.6. The van der Waals surface area contributed by atoms with Crippen LogP contribution in [0.5, 0.6) is 5.75 Å². The number of esters is 1. The van der Waals surface area contributed by atoms with Gasteiger partial charge in [-0.25, -0.2) is 9.69 Å². The summed E-state index contributed by atoms with van der Waals surface area (Å²) in [5.74, 6) is -0.654. The number of ether oxygens (including phenoxy) is 2. The van der Waals surface area contributed by atoms with Crippen LogP contribution in [0.4, 0.5) is 5.69 Å². The summed E-state index contributed by atoms with van der Waals surface area (Å²) >= 11 is 0. The highest BCUT2D eigenvalue weighted by atomic mass is 16.6. The number of carbonyl (C=O) groups is 3. The molecule has 0 saturated carbocycles. The maximum absolute atomic E-state index is 12.5. The molecule has 2 aromatic rings. The minimum atomic E-state index is -0.694. The Morgan fingerprint density at radius 2 is 1.54 bits per heavy atom. The van der Waals surface area contributed by atoms with Crippen molar-refractivity contribution in [3.63, 3.8) is 0 Å². The molecule has 2 amide bonds. The normalized spacial score (nSPS) is 14.2. The van der Waals surface area contributed by atoms with Gasteiger partial charge in [0.1, 0.15) is 5.75 Å². The first-order valence-electron chi connectivity index (χ1n) is 8.48. The van der Waals surface area contributed by atoms with Gasteiger partial charge in [0.25, 0.3) is 11.8 Å². The van der Waals surface area contributed by atoms with Gasteiger partial charge in [0.2, 0.25) is 0 Å². The topological polar surface area (TPSA) is 72.9 Å². The zero-order valence-corrected chi connectivity index (χ0v) is 14.6. The lowest BCUT2D eigenvalue weighted by atomic mass is 10.1. The van der Waals surface area contributed by atoms with Crippen LogP contribution in [0.1, 0.15) is 41.0 Å². The van der Waals surface area contributed by atoms with Gasteiger partial charge in [0, 0.05) is 0 Å². The van der Waals surface area contributed by atoms with E-state index in [2.05, 4.69) is 0 Å². The van der Waals surface area contributed by atoms with E-state index < -0.39 is 12.1 Å². The molecule has 0 bridgehead atoms. The van der Waals surface area contributed by atoms with Gasteiger partial charge in [0.15, 0.2) is 6.10 Å². The molecule has 0 fully saturated rings. The number of benzene rings is 2. The third kappa shape index (κ3) is 3.18. The SMILES string of the molecule is CCOC(=O)C(CC)Oc1ccc(N2C(=O)c3ccccc3C2=O)cc1. The average molecular weight is 353 g/mol. The lowest BCUT2D eigenvalue weighted by Crippen LogP contribution is -2.30. The number of hydrogen-bond donors (Lipinski definition) is 0. The molecule has 0 radical (unpaired) electrons. The second-order valence-corrected chi connectivity index (χ2v) is 5.75. The van der Waals surface area contributed by atoms with E-state index in [9.17, 15) is 14.4 Å². The second kappa shape index (κ2) is 7.39. The highest BCUT2D eigenvalue weighted by Gasteiger charge is 2.36. The summed E-state index contributed by atoms with van der Waals surface area (Å²) in [6, 6.07) is 13.2. The molecular formula is C20H19NO5. The summed E-state index contributed by atoms with van der Waals surface area (Å²) in [7, 11) is 0. The Kier molecular flexibility index (Phi) is 5.02. The van der Waals surface area contributed by atoms with Gasteiger partial charge in [-0.3, -0.25) is 9.59 Å². The number of anilines is 1. The molecular weight excluding hydrogens is 334 g/mol. The number of carbonyl (C=O) groups excluding carboxylic acids is 3. The third-order valence-corrected chi connectivity index (χ3v) is 4.09. The summed E-state index contributed by atoms with van der Waals surface area (Å²) in [6.07, 6.45) is -0.223. The van der Waals surface area contributed by atoms with Crippen molar-refractivity contribution in [3.05, 3.63) is 59.7 Å². The van der Waals surface area contributed by atoms with E-state index in [1.54, 1.807) is 55.5 Å². The van der Waals surface area contributed by atoms with E-state index in [1.165, 1.54) is 0 Å². The Bertz CT molecular complexity index is 809. The Hall–Kier alpha value is -3.15. The van der Waals surface area contributed by atoms with Gasteiger partial charge >= 0.3 is 5.97 Å². The molecule has 1 unspecified atom stereocenters. The minimum absolute atomic E-state index is 0.289. The molecule has 1 atom stereocenters. The largest absolute Gasteiger partial charge is 0.479 e. The third-order valence-electron chi connectivity index (χ3n) is 4.09. The molecule has 6 nitrogen and oxygen atoms in total. The Morgan fingerprint density at radius 1 is 0.962 bits per heavy atom. The first-order chi connectivity index (χ1) is 12.6. The van der Waals surface area contributed by atoms with Crippen LogP contribution in [0.15, 0.2) is 48.5 Å². The fraction of sp³-hybridized carbons (Fsp3) is 0.250. The van der Waals surface area contributed by atoms with E-state index in [0.29, 0.717) is 29.0 Å². The standard InChI is InChI=1S/C20H19NO5/c1-3-17(20(24)25-4-2)26-14-11-9-13(10-12-14)21-18(22)15-7-5-6-8-16(15)19(21)23/h5-12,17H,3-4H2,1-2H3. The minimum Gasteiger partial charge on any atom is -0.479 e. The Morgan fingerprint density at radius 3 is 2.04 bits per heavy atom. The van der Waals surface area contributed by atoms with Crippen LogP contribution in [0.25, 0.3) is 0 Å². The van der Waals surface area contributed by atoms with Crippen LogP contribution < -0.4 is 9.64 Å². The summed E-state index contributed by atoms with van der Waals surface area (Å²) in [4.78, 5) is 37.9. The molecule has 1 aliphatic heterocycles. The number of fused-ring (bicyclic) bond motifs is 1. The van der Waals surface area contributed by atoms with Crippen LogP contribution in [-0.2, 0) is 9.53 Å². The van der Waals surface area contributed by atoms with Crippen molar-refractivity contribution in [2.45, 2.75) is 26.4 Å². The van der Waals surface area contributed by atoms with Gasteiger partial charge in [-0.2, -0.15) is 0 Å². The van der Waals surface area contributed by atoms with Crippen molar-refractivity contribution >= 4 is 23.5 Å². The van der Waals surface area contributed by atoms with Crippen LogP contribution >= 0.6 is 0 Å². The van der Waals surface area contributed by atoms with E-state index in [0.717, 1.165) is 4.90 Å². The fourth-order valence-corrected chi connectivity index (χ4v) is 2.80. The van der Waals surface area contributed by atoms with Crippen molar-refractivity contribution in [2.75, 3.05) is 11.5 Å². The van der Waals surface area contributed by atoms with Crippen LogP contribution in [0, 0.1) is 0 Å². The average Bonchev–Trinajstić information content (AvgIpc) is 2.91. The fourth-order valence-electron chi connectivity index (χ4n) is 2.80. The van der Waals surface area contributed by atoms with Gasteiger partial charge in [0.05, 0.1) is 23.4 Å². The maximum Gasteiger partial charge on any atom is 0.347 e. The summed E-state index contributed by atoms with van der Waals surface area (Å²) in [5.41, 5.74) is 1.24. The second-order valence-electron chi connectivity index (χ2n) is 5.75. The zero-order chi connectivity index (χ0) is 18.7. The maximum atomic E-state index is 12.5. The molecule has 0 spiro atoms. The van der Waals surface area contributed by atoms with Crippen molar-refractivity contribution in [1.82, 2.24) is 0 Å². The number of nitrogens with zero attached hydrogens (tertiary/aromatic N) is 1. The van der Waals surface area contributed by atoms with Crippen molar-refractivity contribution < 1.29 is 23.9 Å². The van der Waals surface area contributed by atoms with E-state index in [4.69, 9.17) is 9.47 Å². The lowest BCUT2D eigenvalue weighted by molar-refractivity contribution is -0.151. The predicted octanol–water partition coefficient (Wildman–Crippen LogP) is 3.21. The van der Waals surface area contributed by atoms with E-state index in [-0.39, 0.29) is 18.4 Å². The molecule has 26 heavy (non-hydrogen) atoms. The van der Waals surface area contributed by atoms with Crippen LogP contribution in [0.2, 0.25) is 0 Å². The smallest absolute Gasteiger partial charge is 0.347 e. The van der Waals surface area contributed by atoms with E-state index >= 15 is 0 Å². The molecule has 3 rings (SSSR count). The van der Waals surface area contributed by atoms with Gasteiger partial charge < -0.3 is 9.47 Å². The molecule has 0 saturated heterocycles. The summed E-state index contributed by atoms with van der Waals surface area (Å²) in [6.45, 7) is 3.85. The van der Waals surface area contributed by atoms with Crippen molar-refractivity contribution in [3.8, 4) is 5.75 Å². The molecule has 0 aliphatic carbocycles. The highest BCUT2D eigenvalue weighted by molar-refractivity contribution is 6.34. The number of hydrogen-bond acceptors (Lipinski definition) is 5. The molecule has 1 heterocycles. The summed E-state index contributed by atoms with van der Waals surface area (Å²) in [5, 5.41) is 0. The van der Waals surface area contributed by atoms with Crippen molar-refractivity contribution in [1.29, 1.82) is 0 Å². The highest BCUT2D eigenvalue weighted by Crippen LogP contribution is 2.29. The van der Waals surface area contributed by atoms with Gasteiger partial charge in [-0.15, -0.1) is 0 Å². The molecule has 1 aliphatic rings. The van der Waals surface area contributed by atoms with Gasteiger partial charge in [-0.05, 0) is 49.7 Å². The first kappa shape index (κ1) is 17.7. The van der Waals surface area contributed by atoms with E-state index in [1.807, 2.05) is 6.92 Å². The molecule has 134 valence electrons. The predicted molar refractivity (Wildman–Crippen MR) is 95.4 cm³/mol. The quantitative estimate of drug-likeness (QED) is 0.589. The zero-order valence-electron chi connectivity index (χ0n) is 14.6. The number of amides is 2. The lowest BCUT2D eigenvalue weighted by Gasteiger charge is -2.17. The van der Waals surface area contributed by atoms with Gasteiger partial charge in [-0.1, -0.05) is 19.1 Å². The Labute approximate surface area is 151 Å². The molecule has 0 N–H and O–H groups in total. The van der Waals surface area contributed by atoms with Crippen molar-refractivity contribution in [2.24, 2.45) is 0 Å². The van der Waals surface area contributed by atoms with Crippen LogP contribution in [-0.4, -0.2) is 30.5 Å². The molecule has 0 aromatic heterocycles. The monoisotopic (exact) mass is 353 g/mol.